The molecule has 0 amide bonds. The van der Waals surface area contributed by atoms with Gasteiger partial charge in [-0.1, -0.05) is 36.7 Å². The third-order valence-electron chi connectivity index (χ3n) is 5.35. The molecule has 4 rings (SSSR count). The van der Waals surface area contributed by atoms with Crippen LogP contribution in [0.3, 0.4) is 0 Å². The fourth-order valence-corrected chi connectivity index (χ4v) is 4.13. The van der Waals surface area contributed by atoms with E-state index in [4.69, 9.17) is 4.98 Å². The highest BCUT2D eigenvalue weighted by molar-refractivity contribution is 9.10. The van der Waals surface area contributed by atoms with Gasteiger partial charge in [-0.25, -0.2) is 9.37 Å². The molecule has 2 aromatic heterocycles. The summed E-state index contributed by atoms with van der Waals surface area (Å²) in [5, 5.41) is 5.07. The highest BCUT2D eigenvalue weighted by Gasteiger charge is 2.23. The smallest absolute Gasteiger partial charge is 0.282 e. The molecule has 0 fully saturated rings. The van der Waals surface area contributed by atoms with Crippen molar-refractivity contribution in [3.8, 4) is 5.69 Å². The summed E-state index contributed by atoms with van der Waals surface area (Å²) in [6.07, 6.45) is 1.69. The first-order valence-electron chi connectivity index (χ1n) is 10.3. The average Bonchev–Trinajstić information content (AvgIpc) is 3.01. The molecule has 4 aromatic rings. The Labute approximate surface area is 194 Å². The maximum absolute atomic E-state index is 13.4. The van der Waals surface area contributed by atoms with E-state index in [9.17, 15) is 9.18 Å². The lowest BCUT2D eigenvalue weighted by atomic mass is 9.95. The van der Waals surface area contributed by atoms with Crippen LogP contribution in [0.25, 0.3) is 16.6 Å². The maximum Gasteiger partial charge on any atom is 0.282 e. The Balaban J connectivity index is 1.86. The number of aromatic nitrogens is 3. The van der Waals surface area contributed by atoms with Gasteiger partial charge in [0.15, 0.2) is 0 Å². The fraction of sp³-hybridized carbons (Fsp3) is 0.240. The highest BCUT2D eigenvalue weighted by atomic mass is 79.9. The van der Waals surface area contributed by atoms with E-state index in [0.717, 1.165) is 27.1 Å². The quantitative estimate of drug-likeness (QED) is 0.333. The van der Waals surface area contributed by atoms with Crippen LogP contribution < -0.4 is 5.56 Å². The van der Waals surface area contributed by atoms with Crippen molar-refractivity contribution in [2.45, 2.75) is 40.0 Å². The molecule has 5 nitrogen and oxygen atoms in total. The van der Waals surface area contributed by atoms with Crippen molar-refractivity contribution in [3.05, 3.63) is 92.0 Å². The van der Waals surface area contributed by atoms with Gasteiger partial charge in [0.25, 0.3) is 5.56 Å². The molecule has 0 aliphatic rings. The lowest BCUT2D eigenvalue weighted by molar-refractivity contribution is 0.506. The van der Waals surface area contributed by atoms with Gasteiger partial charge in [0.05, 0.1) is 17.1 Å². The topological polar surface area (TPSA) is 52.2 Å². The Morgan fingerprint density at radius 1 is 1.06 bits per heavy atom. The second kappa shape index (κ2) is 8.13. The van der Waals surface area contributed by atoms with Gasteiger partial charge in [0.1, 0.15) is 11.6 Å². The molecule has 2 heterocycles. The van der Waals surface area contributed by atoms with Crippen molar-refractivity contribution in [2.75, 3.05) is 0 Å². The van der Waals surface area contributed by atoms with Crippen LogP contribution in [0.4, 0.5) is 4.39 Å². The molecule has 0 saturated carbocycles. The standard InChI is InChI=1S/C25H24BrFN4O/c1-15-12-17(16(2)30(15)20-9-7-19(27)8-10-20)14-28-31-23(32)21-13-18(26)6-11-22(21)29-24(31)25(3,4)5/h6-14H,1-5H3. The van der Waals surface area contributed by atoms with Gasteiger partial charge in [0.2, 0.25) is 0 Å². The molecule has 0 aliphatic heterocycles. The maximum atomic E-state index is 13.4. The van der Waals surface area contributed by atoms with Crippen LogP contribution in [0, 0.1) is 19.7 Å². The van der Waals surface area contributed by atoms with Crippen LogP contribution in [0.5, 0.6) is 0 Å². The number of benzene rings is 2. The van der Waals surface area contributed by atoms with Crippen LogP contribution >= 0.6 is 15.9 Å². The molecular weight excluding hydrogens is 471 g/mol. The van der Waals surface area contributed by atoms with Crippen molar-refractivity contribution >= 4 is 33.0 Å². The van der Waals surface area contributed by atoms with Gasteiger partial charge in [-0.15, -0.1) is 0 Å². The first-order chi connectivity index (χ1) is 15.1. The zero-order chi connectivity index (χ0) is 23.2. The lowest BCUT2D eigenvalue weighted by Crippen LogP contribution is -2.29. The van der Waals surface area contributed by atoms with E-state index in [-0.39, 0.29) is 16.8 Å². The van der Waals surface area contributed by atoms with E-state index in [2.05, 4.69) is 21.0 Å². The van der Waals surface area contributed by atoms with Crippen LogP contribution in [0.15, 0.2) is 62.9 Å². The minimum Gasteiger partial charge on any atom is -0.318 e. The Bertz CT molecular complexity index is 1410. The first-order valence-corrected chi connectivity index (χ1v) is 11.1. The van der Waals surface area contributed by atoms with Crippen LogP contribution in [-0.2, 0) is 5.41 Å². The van der Waals surface area contributed by atoms with E-state index >= 15 is 0 Å². The molecule has 0 atom stereocenters. The molecule has 0 saturated heterocycles. The number of hydrogen-bond acceptors (Lipinski definition) is 3. The summed E-state index contributed by atoms with van der Waals surface area (Å²) >= 11 is 3.43. The van der Waals surface area contributed by atoms with Gasteiger partial charge >= 0.3 is 0 Å². The fourth-order valence-electron chi connectivity index (χ4n) is 3.77. The van der Waals surface area contributed by atoms with E-state index < -0.39 is 0 Å². The molecule has 0 aliphatic carbocycles. The number of nitrogens with zero attached hydrogens (tertiary/aromatic N) is 4. The summed E-state index contributed by atoms with van der Waals surface area (Å²) in [6, 6.07) is 13.8. The number of halogens is 2. The third-order valence-corrected chi connectivity index (χ3v) is 5.84. The van der Waals surface area contributed by atoms with Crippen LogP contribution in [0.1, 0.15) is 43.5 Å². The number of rotatable bonds is 3. The monoisotopic (exact) mass is 494 g/mol. The van der Waals surface area contributed by atoms with E-state index in [1.54, 1.807) is 24.4 Å². The zero-order valence-corrected chi connectivity index (χ0v) is 20.2. The summed E-state index contributed by atoms with van der Waals surface area (Å²) in [5.41, 5.74) is 3.70. The molecule has 7 heteroatoms. The predicted molar refractivity (Wildman–Crippen MR) is 131 cm³/mol. The minimum atomic E-state index is -0.386. The van der Waals surface area contributed by atoms with Crippen LogP contribution in [-0.4, -0.2) is 20.4 Å². The van der Waals surface area contributed by atoms with Gasteiger partial charge < -0.3 is 4.57 Å². The Kier molecular flexibility index (Phi) is 5.63. The summed E-state index contributed by atoms with van der Waals surface area (Å²) in [7, 11) is 0. The molecule has 0 spiro atoms. The molecule has 164 valence electrons. The second-order valence-corrected chi connectivity index (χ2v) is 9.76. The predicted octanol–water partition coefficient (Wildman–Crippen LogP) is 5.89. The van der Waals surface area contributed by atoms with E-state index in [1.807, 2.05) is 57.4 Å². The third kappa shape index (κ3) is 4.05. The Hall–Kier alpha value is -3.06. The molecular formula is C25H24BrFN4O. The highest BCUT2D eigenvalue weighted by Crippen LogP contribution is 2.24. The van der Waals surface area contributed by atoms with E-state index in [0.29, 0.717) is 16.7 Å². The van der Waals surface area contributed by atoms with Crippen molar-refractivity contribution in [2.24, 2.45) is 5.10 Å². The molecule has 2 aromatic carbocycles. The molecule has 0 radical (unpaired) electrons. The Morgan fingerprint density at radius 3 is 2.41 bits per heavy atom. The summed E-state index contributed by atoms with van der Waals surface area (Å²) in [4.78, 5) is 18.1. The summed E-state index contributed by atoms with van der Waals surface area (Å²) in [5.74, 6) is 0.309. The summed E-state index contributed by atoms with van der Waals surface area (Å²) in [6.45, 7) is 9.97. The van der Waals surface area contributed by atoms with Gasteiger partial charge in [0, 0.05) is 32.5 Å². The molecule has 0 unspecified atom stereocenters. The lowest BCUT2D eigenvalue weighted by Gasteiger charge is -2.20. The molecule has 0 N–H and O–H groups in total. The Morgan fingerprint density at radius 2 is 1.75 bits per heavy atom. The van der Waals surface area contributed by atoms with E-state index in [1.165, 1.54) is 16.8 Å². The number of aryl methyl sites for hydroxylation is 1. The normalized spacial score (nSPS) is 12.2. The largest absolute Gasteiger partial charge is 0.318 e. The van der Waals surface area contributed by atoms with Gasteiger partial charge in [-0.3, -0.25) is 4.79 Å². The number of fused-ring (bicyclic) bond motifs is 1. The summed E-state index contributed by atoms with van der Waals surface area (Å²) < 4.78 is 17.6. The zero-order valence-electron chi connectivity index (χ0n) is 18.6. The van der Waals surface area contributed by atoms with Crippen molar-refractivity contribution in [3.63, 3.8) is 0 Å². The van der Waals surface area contributed by atoms with Crippen molar-refractivity contribution < 1.29 is 4.39 Å². The minimum absolute atomic E-state index is 0.218. The van der Waals surface area contributed by atoms with Crippen molar-refractivity contribution in [1.29, 1.82) is 0 Å². The van der Waals surface area contributed by atoms with Crippen LogP contribution in [0.2, 0.25) is 0 Å². The molecule has 32 heavy (non-hydrogen) atoms. The molecule has 0 bridgehead atoms. The first kappa shape index (κ1) is 22.1. The van der Waals surface area contributed by atoms with Gasteiger partial charge in [-0.05, 0) is 62.4 Å². The van der Waals surface area contributed by atoms with Crippen molar-refractivity contribution in [1.82, 2.24) is 14.2 Å². The average molecular weight is 495 g/mol. The SMILES string of the molecule is Cc1cc(C=Nn2c(C(C)(C)C)nc3ccc(Br)cc3c2=O)c(C)n1-c1ccc(F)cc1. The second-order valence-electron chi connectivity index (χ2n) is 8.85. The number of hydrogen-bond donors (Lipinski definition) is 0. The van der Waals surface area contributed by atoms with Gasteiger partial charge in [-0.2, -0.15) is 9.78 Å².